The molecule has 2 rings (SSSR count). The van der Waals surface area contributed by atoms with E-state index in [1.165, 1.54) is 0 Å². The second kappa shape index (κ2) is 4.49. The van der Waals surface area contributed by atoms with E-state index < -0.39 is 5.82 Å². The zero-order chi connectivity index (χ0) is 10.7. The van der Waals surface area contributed by atoms with Crippen LogP contribution >= 0.6 is 15.9 Å². The van der Waals surface area contributed by atoms with Gasteiger partial charge < -0.3 is 8.83 Å². The third-order valence-corrected chi connectivity index (χ3v) is 2.40. The average molecular weight is 269 g/mol. The van der Waals surface area contributed by atoms with Gasteiger partial charge in [0.2, 0.25) is 0 Å². The fourth-order valence-corrected chi connectivity index (χ4v) is 1.73. The van der Waals surface area contributed by atoms with Crippen LogP contribution in [0.1, 0.15) is 5.76 Å². The van der Waals surface area contributed by atoms with Crippen molar-refractivity contribution in [2.24, 2.45) is 0 Å². The summed E-state index contributed by atoms with van der Waals surface area (Å²) in [7, 11) is 0. The zero-order valence-electron chi connectivity index (χ0n) is 7.90. The Balaban J connectivity index is 2.48. The molecule has 1 aromatic carbocycles. The number of hydrogen-bond acceptors (Lipinski definition) is 3. The van der Waals surface area contributed by atoms with E-state index in [1.54, 1.807) is 0 Å². The smallest absolute Gasteiger partial charge is 0.395 e. The van der Waals surface area contributed by atoms with Crippen molar-refractivity contribution in [2.75, 3.05) is 5.33 Å². The molecule has 0 spiro atoms. The number of aryl methyl sites for hydroxylation is 1. The maximum Gasteiger partial charge on any atom is 0.519 e. The molecule has 0 saturated heterocycles. The van der Waals surface area contributed by atoms with Crippen LogP contribution in [-0.2, 0) is 6.42 Å². The molecule has 3 nitrogen and oxygen atoms in total. The molecule has 0 fully saturated rings. The van der Waals surface area contributed by atoms with Gasteiger partial charge in [0.05, 0.1) is 0 Å². The van der Waals surface area contributed by atoms with Crippen LogP contribution in [-0.4, -0.2) is 5.33 Å². The van der Waals surface area contributed by atoms with E-state index in [2.05, 4.69) is 15.9 Å². The highest BCUT2D eigenvalue weighted by molar-refractivity contribution is 9.09. The van der Waals surface area contributed by atoms with E-state index >= 15 is 0 Å². The van der Waals surface area contributed by atoms with Crippen LogP contribution in [0.15, 0.2) is 44.0 Å². The standard InChI is InChI=1S/C11H9BrO3/c12-7-6-9-10(15-11(13)14-9)8-4-2-1-3-5-8/h1-5H,6-7H2. The predicted octanol–water partition coefficient (Wildman–Crippen LogP) is 2.84. The lowest BCUT2D eigenvalue weighted by Crippen LogP contribution is -1.87. The number of halogens is 1. The van der Waals surface area contributed by atoms with Gasteiger partial charge in [-0.15, -0.1) is 0 Å². The Morgan fingerprint density at radius 2 is 1.87 bits per heavy atom. The molecule has 1 aromatic heterocycles. The topological polar surface area (TPSA) is 43.4 Å². The van der Waals surface area contributed by atoms with E-state index in [0.29, 0.717) is 17.9 Å². The fraction of sp³-hybridized carbons (Fsp3) is 0.182. The average Bonchev–Trinajstić information content (AvgIpc) is 2.62. The van der Waals surface area contributed by atoms with E-state index in [4.69, 9.17) is 8.83 Å². The van der Waals surface area contributed by atoms with Crippen molar-refractivity contribution >= 4 is 15.9 Å². The summed E-state index contributed by atoms with van der Waals surface area (Å²) in [5.74, 6) is 0.466. The largest absolute Gasteiger partial charge is 0.519 e. The van der Waals surface area contributed by atoms with Crippen molar-refractivity contribution in [3.63, 3.8) is 0 Å². The Bertz CT molecular complexity index is 484. The van der Waals surface area contributed by atoms with Crippen LogP contribution in [0.3, 0.4) is 0 Å². The molecule has 1 heterocycles. The minimum Gasteiger partial charge on any atom is -0.395 e. The Kier molecular flexibility index (Phi) is 3.06. The quantitative estimate of drug-likeness (QED) is 0.805. The first kappa shape index (κ1) is 10.2. The number of benzene rings is 1. The highest BCUT2D eigenvalue weighted by Gasteiger charge is 2.13. The molecule has 0 bridgehead atoms. The third kappa shape index (κ3) is 2.21. The first-order valence-corrected chi connectivity index (χ1v) is 5.67. The summed E-state index contributed by atoms with van der Waals surface area (Å²) in [5.41, 5.74) is 0.860. The Labute approximate surface area is 94.8 Å². The molecular weight excluding hydrogens is 260 g/mol. The van der Waals surface area contributed by atoms with Crippen molar-refractivity contribution < 1.29 is 8.83 Å². The summed E-state index contributed by atoms with van der Waals surface area (Å²) in [6, 6.07) is 9.45. The number of alkyl halides is 1. The molecule has 78 valence electrons. The van der Waals surface area contributed by atoms with Crippen LogP contribution in [0.25, 0.3) is 11.3 Å². The van der Waals surface area contributed by atoms with Crippen LogP contribution in [0.4, 0.5) is 0 Å². The molecular formula is C11H9BrO3. The molecule has 0 radical (unpaired) electrons. The van der Waals surface area contributed by atoms with Gasteiger partial charge in [0.1, 0.15) is 0 Å². The van der Waals surface area contributed by atoms with Gasteiger partial charge in [-0.05, 0) is 0 Å². The van der Waals surface area contributed by atoms with Crippen LogP contribution in [0, 0.1) is 0 Å². The fourth-order valence-electron chi connectivity index (χ4n) is 1.37. The lowest BCUT2D eigenvalue weighted by Gasteiger charge is -1.96. The van der Waals surface area contributed by atoms with Crippen molar-refractivity contribution in [1.29, 1.82) is 0 Å². The summed E-state index contributed by atoms with van der Waals surface area (Å²) in [5, 5.41) is 0.731. The minimum atomic E-state index is -0.648. The molecule has 0 amide bonds. The molecule has 0 saturated carbocycles. The lowest BCUT2D eigenvalue weighted by molar-refractivity contribution is 0.378. The second-order valence-corrected chi connectivity index (χ2v) is 3.80. The third-order valence-electron chi connectivity index (χ3n) is 2.00. The second-order valence-electron chi connectivity index (χ2n) is 3.01. The molecule has 4 heteroatoms. The van der Waals surface area contributed by atoms with Crippen molar-refractivity contribution in [2.45, 2.75) is 6.42 Å². The molecule has 0 atom stereocenters. The first-order valence-electron chi connectivity index (χ1n) is 4.55. The maximum atomic E-state index is 11.0. The Morgan fingerprint density at radius 3 is 2.53 bits per heavy atom. The molecule has 0 aliphatic carbocycles. The summed E-state index contributed by atoms with van der Waals surface area (Å²) in [6.07, 6.45) is 0.635. The van der Waals surface area contributed by atoms with Crippen LogP contribution in [0.2, 0.25) is 0 Å². The van der Waals surface area contributed by atoms with Gasteiger partial charge in [0.15, 0.2) is 11.5 Å². The summed E-state index contributed by atoms with van der Waals surface area (Å²) >= 11 is 3.30. The van der Waals surface area contributed by atoms with Gasteiger partial charge in [-0.2, -0.15) is 0 Å². The predicted molar refractivity (Wildman–Crippen MR) is 60.2 cm³/mol. The van der Waals surface area contributed by atoms with E-state index in [0.717, 1.165) is 10.9 Å². The minimum absolute atomic E-state index is 0.528. The highest BCUT2D eigenvalue weighted by Crippen LogP contribution is 2.23. The maximum absolute atomic E-state index is 11.0. The summed E-state index contributed by atoms with van der Waals surface area (Å²) < 4.78 is 9.97. The van der Waals surface area contributed by atoms with Crippen molar-refractivity contribution in [1.82, 2.24) is 0 Å². The molecule has 0 aliphatic rings. The van der Waals surface area contributed by atoms with Gasteiger partial charge >= 0.3 is 5.82 Å². The zero-order valence-corrected chi connectivity index (χ0v) is 9.49. The highest BCUT2D eigenvalue weighted by atomic mass is 79.9. The normalized spacial score (nSPS) is 10.5. The van der Waals surface area contributed by atoms with Crippen molar-refractivity contribution in [3.05, 3.63) is 46.7 Å². The van der Waals surface area contributed by atoms with E-state index in [-0.39, 0.29) is 0 Å². The molecule has 0 N–H and O–H groups in total. The van der Waals surface area contributed by atoms with Gasteiger partial charge in [0.25, 0.3) is 0 Å². The number of hydrogen-bond donors (Lipinski definition) is 0. The Morgan fingerprint density at radius 1 is 1.13 bits per heavy atom. The molecule has 15 heavy (non-hydrogen) atoms. The monoisotopic (exact) mass is 268 g/mol. The van der Waals surface area contributed by atoms with Crippen molar-refractivity contribution in [3.8, 4) is 11.3 Å². The SMILES string of the molecule is O=c1oc(CCBr)c(-c2ccccc2)o1. The van der Waals surface area contributed by atoms with E-state index in [9.17, 15) is 4.79 Å². The Hall–Kier alpha value is -1.29. The number of rotatable bonds is 3. The van der Waals surface area contributed by atoms with E-state index in [1.807, 2.05) is 30.3 Å². The van der Waals surface area contributed by atoms with Gasteiger partial charge in [0, 0.05) is 17.3 Å². The first-order chi connectivity index (χ1) is 7.31. The molecule has 0 unspecified atom stereocenters. The van der Waals surface area contributed by atoms with Gasteiger partial charge in [-0.1, -0.05) is 46.3 Å². The molecule has 0 aliphatic heterocycles. The van der Waals surface area contributed by atoms with Crippen LogP contribution in [0.5, 0.6) is 0 Å². The lowest BCUT2D eigenvalue weighted by atomic mass is 10.1. The van der Waals surface area contributed by atoms with Crippen LogP contribution < -0.4 is 5.82 Å². The van der Waals surface area contributed by atoms with Gasteiger partial charge in [-0.25, -0.2) is 4.79 Å². The van der Waals surface area contributed by atoms with Gasteiger partial charge in [-0.3, -0.25) is 0 Å². The molecule has 2 aromatic rings. The summed E-state index contributed by atoms with van der Waals surface area (Å²) in [4.78, 5) is 11.0. The summed E-state index contributed by atoms with van der Waals surface area (Å²) in [6.45, 7) is 0.